The topological polar surface area (TPSA) is 57.8 Å². The number of hydrogen-bond acceptors (Lipinski definition) is 2. The van der Waals surface area contributed by atoms with Crippen LogP contribution in [0.2, 0.25) is 10.0 Å². The van der Waals surface area contributed by atoms with Gasteiger partial charge in [0.1, 0.15) is 5.82 Å². The third-order valence-electron chi connectivity index (χ3n) is 2.82. The molecular weight excluding hydrogens is 309 g/mol. The summed E-state index contributed by atoms with van der Waals surface area (Å²) in [6.45, 7) is 0.602. The van der Waals surface area contributed by atoms with E-state index in [0.29, 0.717) is 16.6 Å². The lowest BCUT2D eigenvalue weighted by molar-refractivity contribution is -0.116. The lowest BCUT2D eigenvalue weighted by atomic mass is 10.2. The molecule has 1 aromatic carbocycles. The summed E-state index contributed by atoms with van der Waals surface area (Å²) in [5, 5.41) is 3.78. The molecule has 2 rings (SSSR count). The van der Waals surface area contributed by atoms with E-state index in [1.165, 1.54) is 6.08 Å². The van der Waals surface area contributed by atoms with Gasteiger partial charge in [0.2, 0.25) is 5.91 Å². The number of halogens is 2. The Hall–Kier alpha value is -1.78. The molecule has 0 radical (unpaired) electrons. The van der Waals surface area contributed by atoms with E-state index in [9.17, 15) is 4.79 Å². The average molecular weight is 324 g/mol. The molecule has 2 aromatic rings. The van der Waals surface area contributed by atoms with Crippen molar-refractivity contribution in [3.63, 3.8) is 0 Å². The molecule has 0 saturated heterocycles. The molecule has 110 valence electrons. The third-order valence-corrected chi connectivity index (χ3v) is 3.55. The van der Waals surface area contributed by atoms with Gasteiger partial charge in [-0.1, -0.05) is 29.3 Å². The molecule has 1 aromatic heterocycles. The molecule has 6 heteroatoms. The van der Waals surface area contributed by atoms with Gasteiger partial charge in [-0.05, 0) is 30.2 Å². The molecule has 1 amide bonds. The zero-order valence-corrected chi connectivity index (χ0v) is 12.8. The molecule has 0 aliphatic carbocycles. The van der Waals surface area contributed by atoms with Crippen molar-refractivity contribution in [3.05, 3.63) is 58.1 Å². The Bertz CT molecular complexity index is 624. The van der Waals surface area contributed by atoms with Gasteiger partial charge in [0, 0.05) is 31.4 Å². The summed E-state index contributed by atoms with van der Waals surface area (Å²) in [6, 6.07) is 5.21. The first kappa shape index (κ1) is 15.6. The van der Waals surface area contributed by atoms with Crippen molar-refractivity contribution in [3.8, 4) is 0 Å². The Morgan fingerprint density at radius 3 is 2.90 bits per heavy atom. The molecule has 1 heterocycles. The van der Waals surface area contributed by atoms with Crippen LogP contribution in [0.3, 0.4) is 0 Å². The van der Waals surface area contributed by atoms with E-state index in [-0.39, 0.29) is 5.91 Å². The lowest BCUT2D eigenvalue weighted by Crippen LogP contribution is -2.22. The van der Waals surface area contributed by atoms with E-state index >= 15 is 0 Å². The first-order chi connectivity index (χ1) is 10.1. The second-order valence-electron chi connectivity index (χ2n) is 4.44. The van der Waals surface area contributed by atoms with E-state index in [1.54, 1.807) is 36.7 Å². The van der Waals surface area contributed by atoms with E-state index in [2.05, 4.69) is 15.3 Å². The number of nitrogens with zero attached hydrogens (tertiary/aromatic N) is 1. The molecule has 0 aliphatic heterocycles. The zero-order chi connectivity index (χ0) is 15.1. The normalized spacial score (nSPS) is 11.0. The largest absolute Gasteiger partial charge is 0.353 e. The summed E-state index contributed by atoms with van der Waals surface area (Å²) in [6.07, 6.45) is 8.32. The summed E-state index contributed by atoms with van der Waals surface area (Å²) >= 11 is 11.7. The maximum absolute atomic E-state index is 11.6. The van der Waals surface area contributed by atoms with Gasteiger partial charge in [-0.15, -0.1) is 0 Å². The minimum atomic E-state index is -0.138. The van der Waals surface area contributed by atoms with Crippen molar-refractivity contribution in [1.82, 2.24) is 15.3 Å². The SMILES string of the molecule is O=C(/C=C/c1ccc(Cl)c(Cl)c1)NCCCc1ncc[nH]1. The molecule has 0 bridgehead atoms. The number of aromatic amines is 1. The van der Waals surface area contributed by atoms with Gasteiger partial charge in [-0.3, -0.25) is 4.79 Å². The number of hydrogen-bond donors (Lipinski definition) is 2. The summed E-state index contributed by atoms with van der Waals surface area (Å²) in [7, 11) is 0. The van der Waals surface area contributed by atoms with E-state index in [0.717, 1.165) is 24.2 Å². The van der Waals surface area contributed by atoms with Gasteiger partial charge in [-0.25, -0.2) is 4.98 Å². The highest BCUT2D eigenvalue weighted by atomic mass is 35.5. The zero-order valence-electron chi connectivity index (χ0n) is 11.3. The van der Waals surface area contributed by atoms with E-state index < -0.39 is 0 Å². The van der Waals surface area contributed by atoms with Crippen molar-refractivity contribution < 1.29 is 4.79 Å². The van der Waals surface area contributed by atoms with Crippen LogP contribution in [0.4, 0.5) is 0 Å². The number of rotatable bonds is 6. The quantitative estimate of drug-likeness (QED) is 0.631. The van der Waals surface area contributed by atoms with Crippen LogP contribution < -0.4 is 5.32 Å². The van der Waals surface area contributed by atoms with Crippen LogP contribution in [0.15, 0.2) is 36.7 Å². The molecule has 0 atom stereocenters. The van der Waals surface area contributed by atoms with Gasteiger partial charge >= 0.3 is 0 Å². The van der Waals surface area contributed by atoms with Crippen LogP contribution in [-0.2, 0) is 11.2 Å². The van der Waals surface area contributed by atoms with Crippen LogP contribution in [-0.4, -0.2) is 22.4 Å². The number of carbonyl (C=O) groups excluding carboxylic acids is 1. The van der Waals surface area contributed by atoms with Gasteiger partial charge in [0.15, 0.2) is 0 Å². The number of benzene rings is 1. The molecule has 0 spiro atoms. The first-order valence-corrected chi connectivity index (χ1v) is 7.30. The highest BCUT2D eigenvalue weighted by Crippen LogP contribution is 2.22. The fraction of sp³-hybridized carbons (Fsp3) is 0.200. The number of nitrogens with one attached hydrogen (secondary N) is 2. The number of H-pyrrole nitrogens is 1. The van der Waals surface area contributed by atoms with E-state index in [1.807, 2.05) is 0 Å². The van der Waals surface area contributed by atoms with Crippen molar-refractivity contribution in [2.45, 2.75) is 12.8 Å². The van der Waals surface area contributed by atoms with Crippen molar-refractivity contribution in [2.75, 3.05) is 6.54 Å². The maximum Gasteiger partial charge on any atom is 0.243 e. The Balaban J connectivity index is 1.73. The number of imidazole rings is 1. The Morgan fingerprint density at radius 2 is 2.19 bits per heavy atom. The standard InChI is InChI=1S/C15H15Cl2N3O/c16-12-5-3-11(10-13(12)17)4-6-15(21)20-7-1-2-14-18-8-9-19-14/h3-6,8-10H,1-2,7H2,(H,18,19)(H,20,21)/b6-4+. The smallest absolute Gasteiger partial charge is 0.243 e. The van der Waals surface area contributed by atoms with Crippen molar-refractivity contribution in [1.29, 1.82) is 0 Å². The van der Waals surface area contributed by atoms with Crippen molar-refractivity contribution in [2.24, 2.45) is 0 Å². The van der Waals surface area contributed by atoms with E-state index in [4.69, 9.17) is 23.2 Å². The summed E-state index contributed by atoms with van der Waals surface area (Å²) in [5.74, 6) is 0.788. The molecule has 0 aliphatic rings. The molecule has 0 unspecified atom stereocenters. The van der Waals surface area contributed by atoms with Crippen LogP contribution in [0.25, 0.3) is 6.08 Å². The molecule has 4 nitrogen and oxygen atoms in total. The Labute approximate surface area is 133 Å². The number of aromatic nitrogens is 2. The van der Waals surface area contributed by atoms with Crippen molar-refractivity contribution >= 4 is 35.2 Å². The molecule has 2 N–H and O–H groups in total. The minimum Gasteiger partial charge on any atom is -0.353 e. The van der Waals surface area contributed by atoms with Gasteiger partial charge in [-0.2, -0.15) is 0 Å². The van der Waals surface area contributed by atoms with Crippen LogP contribution in [0, 0.1) is 0 Å². The molecular formula is C15H15Cl2N3O. The number of aryl methyl sites for hydroxylation is 1. The second kappa shape index (κ2) is 7.86. The second-order valence-corrected chi connectivity index (χ2v) is 5.25. The molecule has 0 saturated carbocycles. The average Bonchev–Trinajstić information content (AvgIpc) is 2.98. The molecule has 21 heavy (non-hydrogen) atoms. The maximum atomic E-state index is 11.6. The Kier molecular flexibility index (Phi) is 5.84. The summed E-state index contributed by atoms with van der Waals surface area (Å²) < 4.78 is 0. The number of carbonyl (C=O) groups is 1. The summed E-state index contributed by atoms with van der Waals surface area (Å²) in [5.41, 5.74) is 0.829. The van der Waals surface area contributed by atoms with Crippen LogP contribution in [0.1, 0.15) is 17.8 Å². The monoisotopic (exact) mass is 323 g/mol. The van der Waals surface area contributed by atoms with Gasteiger partial charge < -0.3 is 10.3 Å². The summed E-state index contributed by atoms with van der Waals surface area (Å²) in [4.78, 5) is 18.8. The number of amides is 1. The fourth-order valence-corrected chi connectivity index (χ4v) is 2.06. The fourth-order valence-electron chi connectivity index (χ4n) is 1.75. The molecule has 0 fully saturated rings. The predicted octanol–water partition coefficient (Wildman–Crippen LogP) is 3.48. The predicted molar refractivity (Wildman–Crippen MR) is 85.4 cm³/mol. The van der Waals surface area contributed by atoms with Crippen LogP contribution in [0.5, 0.6) is 0 Å². The Morgan fingerprint density at radius 1 is 1.33 bits per heavy atom. The third kappa shape index (κ3) is 5.25. The van der Waals surface area contributed by atoms with Gasteiger partial charge in [0.25, 0.3) is 0 Å². The first-order valence-electron chi connectivity index (χ1n) is 6.54. The van der Waals surface area contributed by atoms with Gasteiger partial charge in [0.05, 0.1) is 10.0 Å². The minimum absolute atomic E-state index is 0.138. The highest BCUT2D eigenvalue weighted by Gasteiger charge is 1.99. The van der Waals surface area contributed by atoms with Crippen LogP contribution >= 0.6 is 23.2 Å². The lowest BCUT2D eigenvalue weighted by Gasteiger charge is -2.01. The highest BCUT2D eigenvalue weighted by molar-refractivity contribution is 6.42.